The minimum atomic E-state index is -1.58. The van der Waals surface area contributed by atoms with E-state index in [2.05, 4.69) is 20.1 Å². The summed E-state index contributed by atoms with van der Waals surface area (Å²) in [6.07, 6.45) is 0. The number of amides is 2. The molecule has 0 aromatic heterocycles. The first-order valence-electron chi connectivity index (χ1n) is 8.19. The number of carbonyl (C=O) groups excluding carboxylic acids is 4. The minimum Gasteiger partial charge on any atom is -0.480 e. The van der Waals surface area contributed by atoms with Crippen molar-refractivity contribution in [2.75, 3.05) is 19.5 Å². The molecule has 28 heavy (non-hydrogen) atoms. The van der Waals surface area contributed by atoms with Gasteiger partial charge >= 0.3 is 17.9 Å². The van der Waals surface area contributed by atoms with E-state index in [1.165, 1.54) is 32.0 Å². The van der Waals surface area contributed by atoms with E-state index in [1.807, 2.05) is 0 Å². The Kier molecular flexibility index (Phi) is 8.11. The topological polar surface area (TPSA) is 148 Å². The molecule has 1 aromatic rings. The molecule has 1 aromatic carbocycles. The Hall–Kier alpha value is -3.43. The zero-order valence-corrected chi connectivity index (χ0v) is 15.8. The van der Waals surface area contributed by atoms with Crippen LogP contribution in [0, 0.1) is 11.8 Å². The van der Waals surface area contributed by atoms with E-state index in [0.29, 0.717) is 5.69 Å². The molecule has 0 radical (unpaired) electrons. The first-order valence-corrected chi connectivity index (χ1v) is 8.19. The molecule has 0 saturated carbocycles. The van der Waals surface area contributed by atoms with Gasteiger partial charge in [0.15, 0.2) is 5.92 Å². The molecule has 1 rings (SSSR count). The molecule has 3 N–H and O–H groups in total. The van der Waals surface area contributed by atoms with Crippen LogP contribution in [0.4, 0.5) is 5.69 Å². The van der Waals surface area contributed by atoms with Crippen LogP contribution in [0.25, 0.3) is 0 Å². The van der Waals surface area contributed by atoms with Crippen molar-refractivity contribution in [2.45, 2.75) is 19.9 Å². The van der Waals surface area contributed by atoms with Crippen molar-refractivity contribution in [1.29, 1.82) is 0 Å². The van der Waals surface area contributed by atoms with Gasteiger partial charge in [-0.3, -0.25) is 19.2 Å². The molecule has 0 heterocycles. The van der Waals surface area contributed by atoms with Crippen molar-refractivity contribution in [3.8, 4) is 0 Å². The number of aliphatic carboxylic acids is 1. The summed E-state index contributed by atoms with van der Waals surface area (Å²) in [5.41, 5.74) is 0.430. The van der Waals surface area contributed by atoms with Gasteiger partial charge in [-0.25, -0.2) is 4.79 Å². The first kappa shape index (κ1) is 22.6. The quantitative estimate of drug-likeness (QED) is 0.424. The van der Waals surface area contributed by atoms with E-state index in [1.54, 1.807) is 6.07 Å². The van der Waals surface area contributed by atoms with Gasteiger partial charge in [0.2, 0.25) is 5.91 Å². The van der Waals surface area contributed by atoms with Gasteiger partial charge in [-0.2, -0.15) is 0 Å². The van der Waals surface area contributed by atoms with E-state index in [0.717, 1.165) is 14.2 Å². The number of carbonyl (C=O) groups is 5. The third-order valence-corrected chi connectivity index (χ3v) is 3.96. The normalized spacial score (nSPS) is 12.5. The fourth-order valence-electron chi connectivity index (χ4n) is 2.56. The molecule has 0 unspecified atom stereocenters. The second-order valence-corrected chi connectivity index (χ2v) is 5.93. The molecule has 0 fully saturated rings. The van der Waals surface area contributed by atoms with Crippen LogP contribution in [0.5, 0.6) is 0 Å². The van der Waals surface area contributed by atoms with Crippen LogP contribution in [-0.2, 0) is 28.7 Å². The Morgan fingerprint density at radius 3 is 2.07 bits per heavy atom. The minimum absolute atomic E-state index is 0.0809. The van der Waals surface area contributed by atoms with E-state index in [-0.39, 0.29) is 11.5 Å². The highest BCUT2D eigenvalue weighted by molar-refractivity contribution is 6.00. The van der Waals surface area contributed by atoms with Crippen LogP contribution in [0.3, 0.4) is 0 Å². The van der Waals surface area contributed by atoms with Gasteiger partial charge in [0.25, 0.3) is 5.91 Å². The summed E-state index contributed by atoms with van der Waals surface area (Å²) >= 11 is 0. The molecular weight excluding hydrogens is 372 g/mol. The van der Waals surface area contributed by atoms with Crippen LogP contribution < -0.4 is 10.6 Å². The Morgan fingerprint density at radius 2 is 1.61 bits per heavy atom. The Labute approximate surface area is 161 Å². The molecule has 0 aliphatic heterocycles. The lowest BCUT2D eigenvalue weighted by Gasteiger charge is -2.26. The van der Waals surface area contributed by atoms with Crippen LogP contribution in [-0.4, -0.2) is 55.1 Å². The van der Waals surface area contributed by atoms with E-state index in [9.17, 15) is 29.1 Å². The Morgan fingerprint density at radius 1 is 1.04 bits per heavy atom. The third-order valence-electron chi connectivity index (χ3n) is 3.96. The number of ether oxygens (including phenoxy) is 2. The lowest BCUT2D eigenvalue weighted by atomic mass is 9.87. The van der Waals surface area contributed by atoms with Crippen LogP contribution in [0.2, 0.25) is 0 Å². The molecule has 0 aliphatic carbocycles. The van der Waals surface area contributed by atoms with E-state index in [4.69, 9.17) is 0 Å². The van der Waals surface area contributed by atoms with Gasteiger partial charge in [0.1, 0.15) is 6.04 Å². The van der Waals surface area contributed by atoms with Crippen LogP contribution in [0.15, 0.2) is 24.3 Å². The summed E-state index contributed by atoms with van der Waals surface area (Å²) in [5.74, 6) is -7.22. The fourth-order valence-corrected chi connectivity index (χ4v) is 2.56. The molecule has 0 bridgehead atoms. The first-order chi connectivity index (χ1) is 13.1. The number of rotatable bonds is 8. The van der Waals surface area contributed by atoms with Crippen molar-refractivity contribution in [1.82, 2.24) is 5.32 Å². The average Bonchev–Trinajstić information content (AvgIpc) is 2.64. The van der Waals surface area contributed by atoms with Crippen molar-refractivity contribution in [3.63, 3.8) is 0 Å². The Balaban J connectivity index is 3.10. The lowest BCUT2D eigenvalue weighted by molar-refractivity contribution is -0.162. The number of nitrogens with one attached hydrogen (secondary N) is 2. The van der Waals surface area contributed by atoms with Crippen molar-refractivity contribution in [3.05, 3.63) is 29.8 Å². The molecule has 152 valence electrons. The van der Waals surface area contributed by atoms with Gasteiger partial charge in [0.05, 0.1) is 14.2 Å². The summed E-state index contributed by atoms with van der Waals surface area (Å²) in [7, 11) is 2.10. The highest BCUT2D eigenvalue weighted by Crippen LogP contribution is 2.20. The fraction of sp³-hybridized carbons (Fsp3) is 0.389. The molecule has 0 spiro atoms. The Bertz CT molecular complexity index is 761. The predicted octanol–water partition coefficient (Wildman–Crippen LogP) is 0.426. The molecule has 2 atom stereocenters. The number of hydrogen-bond acceptors (Lipinski definition) is 7. The summed E-state index contributed by atoms with van der Waals surface area (Å²) < 4.78 is 9.09. The number of hydrogen-bond donors (Lipinski definition) is 3. The van der Waals surface area contributed by atoms with Gasteiger partial charge in [-0.1, -0.05) is 13.0 Å². The average molecular weight is 394 g/mol. The van der Waals surface area contributed by atoms with Gasteiger partial charge in [-0.05, 0) is 18.2 Å². The third kappa shape index (κ3) is 5.79. The van der Waals surface area contributed by atoms with Gasteiger partial charge in [-0.15, -0.1) is 0 Å². The SMILES string of the molecule is COC(=O)C(C(=O)OC)[C@H](C)[C@H](NC(=O)c1cccc(NC(C)=O)c1)C(=O)O. The molecule has 0 saturated heterocycles. The predicted molar refractivity (Wildman–Crippen MR) is 96.3 cm³/mol. The number of carboxylic acids is 1. The number of carboxylic acid groups (broad SMARTS) is 1. The van der Waals surface area contributed by atoms with Gasteiger partial charge < -0.3 is 25.2 Å². The van der Waals surface area contributed by atoms with E-state index < -0.39 is 41.7 Å². The van der Waals surface area contributed by atoms with Gasteiger partial charge in [0, 0.05) is 24.1 Å². The molecule has 10 nitrogen and oxygen atoms in total. The number of methoxy groups -OCH3 is 2. The van der Waals surface area contributed by atoms with Crippen LogP contribution >= 0.6 is 0 Å². The zero-order valence-electron chi connectivity index (χ0n) is 15.8. The largest absolute Gasteiger partial charge is 0.480 e. The highest BCUT2D eigenvalue weighted by Gasteiger charge is 2.42. The second-order valence-electron chi connectivity index (χ2n) is 5.93. The maximum Gasteiger partial charge on any atom is 0.326 e. The summed E-state index contributed by atoms with van der Waals surface area (Å²) in [6.45, 7) is 2.61. The lowest BCUT2D eigenvalue weighted by Crippen LogP contribution is -2.50. The summed E-state index contributed by atoms with van der Waals surface area (Å²) in [4.78, 5) is 59.1. The molecule has 2 amide bonds. The molecule has 0 aliphatic rings. The molecular formula is C18H22N2O8. The molecule has 10 heteroatoms. The number of anilines is 1. The zero-order chi connectivity index (χ0) is 21.4. The van der Waals surface area contributed by atoms with Crippen molar-refractivity contribution < 1.29 is 38.6 Å². The van der Waals surface area contributed by atoms with Crippen LogP contribution in [0.1, 0.15) is 24.2 Å². The number of esters is 2. The summed E-state index contributed by atoms with van der Waals surface area (Å²) in [5, 5.41) is 14.3. The number of benzene rings is 1. The monoisotopic (exact) mass is 394 g/mol. The van der Waals surface area contributed by atoms with E-state index >= 15 is 0 Å². The smallest absolute Gasteiger partial charge is 0.326 e. The summed E-state index contributed by atoms with van der Waals surface area (Å²) in [6, 6.07) is 4.26. The maximum absolute atomic E-state index is 12.5. The van der Waals surface area contributed by atoms with Crippen molar-refractivity contribution in [2.24, 2.45) is 11.8 Å². The van der Waals surface area contributed by atoms with Crippen molar-refractivity contribution >= 4 is 35.4 Å². The highest BCUT2D eigenvalue weighted by atomic mass is 16.5. The standard InChI is InChI=1S/C18H22N2O8/c1-9(13(17(25)27-3)18(26)28-4)14(16(23)24)20-15(22)11-6-5-7-12(8-11)19-10(2)21/h5-9,13-14H,1-4H3,(H,19,21)(H,20,22)(H,23,24)/t9-,14-/m0/s1. The maximum atomic E-state index is 12.5. The second kappa shape index (κ2) is 10.0.